The Bertz CT molecular complexity index is 318. The van der Waals surface area contributed by atoms with Crippen molar-refractivity contribution in [3.63, 3.8) is 0 Å². The van der Waals surface area contributed by atoms with Gasteiger partial charge in [-0.05, 0) is 19.4 Å². The Labute approximate surface area is 115 Å². The Morgan fingerprint density at radius 1 is 1.16 bits per heavy atom. The van der Waals surface area contributed by atoms with Crippen molar-refractivity contribution in [2.24, 2.45) is 0 Å². The fourth-order valence-corrected chi connectivity index (χ4v) is 1.71. The first kappa shape index (κ1) is 16.1. The van der Waals surface area contributed by atoms with Crippen LogP contribution in [-0.4, -0.2) is 44.2 Å². The molecule has 0 fully saturated rings. The van der Waals surface area contributed by atoms with Crippen LogP contribution in [0, 0.1) is 0 Å². The van der Waals surface area contributed by atoms with Gasteiger partial charge in [-0.1, -0.05) is 30.3 Å². The minimum absolute atomic E-state index is 0.222. The molecular weight excluding hydrogens is 242 g/mol. The Morgan fingerprint density at radius 2 is 1.84 bits per heavy atom. The van der Waals surface area contributed by atoms with Crippen molar-refractivity contribution in [1.29, 1.82) is 0 Å². The van der Waals surface area contributed by atoms with Gasteiger partial charge in [0.05, 0.1) is 25.9 Å². The van der Waals surface area contributed by atoms with E-state index in [1.807, 2.05) is 25.1 Å². The van der Waals surface area contributed by atoms with E-state index in [-0.39, 0.29) is 6.04 Å². The summed E-state index contributed by atoms with van der Waals surface area (Å²) < 4.78 is 10.5. The molecule has 0 aliphatic carbocycles. The summed E-state index contributed by atoms with van der Waals surface area (Å²) in [5, 5.41) is 13.1. The van der Waals surface area contributed by atoms with E-state index in [0.717, 1.165) is 0 Å². The van der Waals surface area contributed by atoms with Gasteiger partial charge in [-0.2, -0.15) is 0 Å². The summed E-state index contributed by atoms with van der Waals surface area (Å²) in [6.07, 6.45) is -0.493. The lowest BCUT2D eigenvalue weighted by molar-refractivity contribution is 0.00586. The molecular formula is C15H25NO3. The van der Waals surface area contributed by atoms with Crippen molar-refractivity contribution < 1.29 is 14.6 Å². The van der Waals surface area contributed by atoms with E-state index in [1.54, 1.807) is 0 Å². The summed E-state index contributed by atoms with van der Waals surface area (Å²) in [5.41, 5.74) is 1.21. The van der Waals surface area contributed by atoms with Crippen LogP contribution in [0.3, 0.4) is 0 Å². The third-order valence-corrected chi connectivity index (χ3v) is 2.85. The molecule has 0 bridgehead atoms. The molecule has 1 rings (SSSR count). The molecule has 0 aliphatic heterocycles. The van der Waals surface area contributed by atoms with Gasteiger partial charge in [-0.3, -0.25) is 0 Å². The first-order valence-electron chi connectivity index (χ1n) is 6.86. The SMILES string of the molecule is CCOCCOCC(O)CNC(C)c1ccccc1. The highest BCUT2D eigenvalue weighted by Crippen LogP contribution is 2.10. The topological polar surface area (TPSA) is 50.7 Å². The first-order chi connectivity index (χ1) is 9.24. The molecule has 19 heavy (non-hydrogen) atoms. The molecule has 0 heterocycles. The second kappa shape index (κ2) is 9.92. The Hall–Kier alpha value is -0.940. The number of ether oxygens (including phenoxy) is 2. The molecule has 2 unspecified atom stereocenters. The van der Waals surface area contributed by atoms with Crippen molar-refractivity contribution in [2.75, 3.05) is 33.0 Å². The maximum Gasteiger partial charge on any atom is 0.0897 e. The van der Waals surface area contributed by atoms with Crippen LogP contribution in [0.2, 0.25) is 0 Å². The molecule has 0 amide bonds. The van der Waals surface area contributed by atoms with Gasteiger partial charge >= 0.3 is 0 Å². The van der Waals surface area contributed by atoms with Crippen molar-refractivity contribution >= 4 is 0 Å². The van der Waals surface area contributed by atoms with Gasteiger partial charge in [0.1, 0.15) is 0 Å². The highest BCUT2D eigenvalue weighted by molar-refractivity contribution is 5.17. The standard InChI is InChI=1S/C15H25NO3/c1-3-18-9-10-19-12-15(17)11-16-13(2)14-7-5-4-6-8-14/h4-8,13,15-17H,3,9-12H2,1-2H3. The average molecular weight is 267 g/mol. The van der Waals surface area contributed by atoms with Crippen LogP contribution in [0.1, 0.15) is 25.5 Å². The molecule has 0 saturated carbocycles. The molecule has 1 aromatic carbocycles. The van der Waals surface area contributed by atoms with Crippen LogP contribution in [0.25, 0.3) is 0 Å². The fourth-order valence-electron chi connectivity index (χ4n) is 1.71. The van der Waals surface area contributed by atoms with E-state index in [4.69, 9.17) is 9.47 Å². The van der Waals surface area contributed by atoms with Gasteiger partial charge < -0.3 is 19.9 Å². The van der Waals surface area contributed by atoms with Gasteiger partial charge in [0.25, 0.3) is 0 Å². The lowest BCUT2D eigenvalue weighted by Gasteiger charge is -2.17. The molecule has 108 valence electrons. The zero-order valence-corrected chi connectivity index (χ0v) is 11.8. The minimum Gasteiger partial charge on any atom is -0.389 e. The van der Waals surface area contributed by atoms with E-state index in [1.165, 1.54) is 5.56 Å². The number of benzene rings is 1. The van der Waals surface area contributed by atoms with Crippen molar-refractivity contribution in [3.05, 3.63) is 35.9 Å². The molecule has 0 radical (unpaired) electrons. The van der Waals surface area contributed by atoms with Crippen LogP contribution in [-0.2, 0) is 9.47 Å². The fraction of sp³-hybridized carbons (Fsp3) is 0.600. The van der Waals surface area contributed by atoms with Gasteiger partial charge in [0.15, 0.2) is 0 Å². The predicted octanol–water partition coefficient (Wildman–Crippen LogP) is 1.75. The molecule has 2 N–H and O–H groups in total. The Morgan fingerprint density at radius 3 is 2.53 bits per heavy atom. The zero-order valence-electron chi connectivity index (χ0n) is 11.8. The predicted molar refractivity (Wildman–Crippen MR) is 76.2 cm³/mol. The summed E-state index contributed by atoms with van der Waals surface area (Å²) >= 11 is 0. The number of rotatable bonds is 10. The van der Waals surface area contributed by atoms with Crippen molar-refractivity contribution in [3.8, 4) is 0 Å². The average Bonchev–Trinajstić information content (AvgIpc) is 2.45. The van der Waals surface area contributed by atoms with Gasteiger partial charge in [0.2, 0.25) is 0 Å². The summed E-state index contributed by atoms with van der Waals surface area (Å²) in [5.74, 6) is 0. The van der Waals surface area contributed by atoms with E-state index in [9.17, 15) is 5.11 Å². The summed E-state index contributed by atoms with van der Waals surface area (Å²) in [4.78, 5) is 0. The largest absolute Gasteiger partial charge is 0.389 e. The zero-order chi connectivity index (χ0) is 13.9. The van der Waals surface area contributed by atoms with Crippen LogP contribution in [0.4, 0.5) is 0 Å². The molecule has 4 nitrogen and oxygen atoms in total. The van der Waals surface area contributed by atoms with Crippen molar-refractivity contribution in [1.82, 2.24) is 5.32 Å². The molecule has 0 aliphatic rings. The number of aliphatic hydroxyl groups is 1. The maximum absolute atomic E-state index is 9.77. The van der Waals surface area contributed by atoms with Crippen molar-refractivity contribution in [2.45, 2.75) is 26.0 Å². The molecule has 2 atom stereocenters. The van der Waals surface area contributed by atoms with Crippen LogP contribution in [0.5, 0.6) is 0 Å². The van der Waals surface area contributed by atoms with E-state index in [0.29, 0.717) is 33.0 Å². The number of aliphatic hydroxyl groups excluding tert-OH is 1. The minimum atomic E-state index is -0.493. The summed E-state index contributed by atoms with van der Waals surface area (Å²) in [7, 11) is 0. The Kier molecular flexibility index (Phi) is 8.41. The molecule has 0 spiro atoms. The van der Waals surface area contributed by atoms with Crippen LogP contribution in [0.15, 0.2) is 30.3 Å². The Balaban J connectivity index is 2.11. The molecule has 0 aromatic heterocycles. The third-order valence-electron chi connectivity index (χ3n) is 2.85. The summed E-state index contributed by atoms with van der Waals surface area (Å²) in [6.45, 7) is 6.69. The number of hydrogen-bond donors (Lipinski definition) is 2. The molecule has 0 saturated heterocycles. The van der Waals surface area contributed by atoms with E-state index in [2.05, 4.69) is 24.4 Å². The third kappa shape index (κ3) is 7.28. The van der Waals surface area contributed by atoms with Gasteiger partial charge in [0, 0.05) is 19.2 Å². The smallest absolute Gasteiger partial charge is 0.0897 e. The van der Waals surface area contributed by atoms with Gasteiger partial charge in [-0.15, -0.1) is 0 Å². The van der Waals surface area contributed by atoms with Crippen LogP contribution < -0.4 is 5.32 Å². The van der Waals surface area contributed by atoms with E-state index < -0.39 is 6.10 Å². The molecule has 1 aromatic rings. The maximum atomic E-state index is 9.77. The second-order valence-electron chi connectivity index (χ2n) is 4.47. The monoisotopic (exact) mass is 267 g/mol. The normalized spacial score (nSPS) is 14.3. The highest BCUT2D eigenvalue weighted by Gasteiger charge is 2.08. The molecule has 4 heteroatoms. The first-order valence-corrected chi connectivity index (χ1v) is 6.86. The van der Waals surface area contributed by atoms with Gasteiger partial charge in [-0.25, -0.2) is 0 Å². The highest BCUT2D eigenvalue weighted by atomic mass is 16.5. The number of hydrogen-bond acceptors (Lipinski definition) is 4. The quantitative estimate of drug-likeness (QED) is 0.634. The second-order valence-corrected chi connectivity index (χ2v) is 4.47. The number of nitrogens with one attached hydrogen (secondary N) is 1. The van der Waals surface area contributed by atoms with Crippen LogP contribution >= 0.6 is 0 Å². The lowest BCUT2D eigenvalue weighted by Crippen LogP contribution is -2.32. The lowest BCUT2D eigenvalue weighted by atomic mass is 10.1. The van der Waals surface area contributed by atoms with E-state index >= 15 is 0 Å². The summed E-state index contributed by atoms with van der Waals surface area (Å²) in [6, 6.07) is 10.4.